The molecule has 1 aliphatic rings. The molecule has 26 heavy (non-hydrogen) atoms. The Morgan fingerprint density at radius 2 is 1.73 bits per heavy atom. The number of aryl methyl sites for hydroxylation is 1. The molecule has 2 heterocycles. The fourth-order valence-corrected chi connectivity index (χ4v) is 3.12. The Kier molecular flexibility index (Phi) is 5.21. The fraction of sp³-hybridized carbons (Fsp3) is 0.350. The van der Waals surface area contributed by atoms with Gasteiger partial charge < -0.3 is 14.2 Å². The molecule has 6 nitrogen and oxygen atoms in total. The zero-order chi connectivity index (χ0) is 18.7. The highest BCUT2D eigenvalue weighted by Crippen LogP contribution is 2.24. The van der Waals surface area contributed by atoms with Crippen molar-refractivity contribution >= 4 is 17.7 Å². The van der Waals surface area contributed by atoms with E-state index in [0.717, 1.165) is 12.8 Å². The number of esters is 1. The summed E-state index contributed by atoms with van der Waals surface area (Å²) in [6, 6.07) is 10.5. The van der Waals surface area contributed by atoms with Crippen molar-refractivity contribution in [3.63, 3.8) is 0 Å². The van der Waals surface area contributed by atoms with E-state index in [1.165, 1.54) is 13.0 Å². The van der Waals surface area contributed by atoms with Crippen LogP contribution in [0.1, 0.15) is 52.3 Å². The number of Topliss-reactive ketones (excluding diaryl/α,β-unsaturated/α-hetero) is 1. The van der Waals surface area contributed by atoms with E-state index in [0.29, 0.717) is 24.2 Å². The molecule has 0 saturated carbocycles. The van der Waals surface area contributed by atoms with Crippen molar-refractivity contribution in [2.75, 3.05) is 13.1 Å². The molecule has 136 valence electrons. The van der Waals surface area contributed by atoms with Crippen LogP contribution in [0.3, 0.4) is 0 Å². The monoisotopic (exact) mass is 354 g/mol. The standard InChI is InChI=1S/C20H22N2O4/c1-14(23)16-12-17(21(2)13-16)20(25)26-18(15-8-4-3-5-9-15)19(24)22-10-6-7-11-22/h3-5,8-9,12-13,18H,6-7,10-11H2,1-2H3/t18-/m1/s1. The van der Waals surface area contributed by atoms with Crippen LogP contribution in [0.4, 0.5) is 0 Å². The summed E-state index contributed by atoms with van der Waals surface area (Å²) in [5, 5.41) is 0. The summed E-state index contributed by atoms with van der Waals surface area (Å²) >= 11 is 0. The third-order valence-corrected chi connectivity index (χ3v) is 4.59. The fourth-order valence-electron chi connectivity index (χ4n) is 3.12. The van der Waals surface area contributed by atoms with Crippen LogP contribution < -0.4 is 0 Å². The Bertz CT molecular complexity index is 820. The van der Waals surface area contributed by atoms with Gasteiger partial charge in [0.05, 0.1) is 0 Å². The number of ketones is 1. The highest BCUT2D eigenvalue weighted by Gasteiger charge is 2.32. The van der Waals surface area contributed by atoms with Crippen molar-refractivity contribution in [1.29, 1.82) is 0 Å². The van der Waals surface area contributed by atoms with E-state index in [9.17, 15) is 14.4 Å². The van der Waals surface area contributed by atoms with Crippen molar-refractivity contribution in [2.24, 2.45) is 7.05 Å². The second-order valence-electron chi connectivity index (χ2n) is 6.51. The third-order valence-electron chi connectivity index (χ3n) is 4.59. The molecule has 0 radical (unpaired) electrons. The van der Waals surface area contributed by atoms with E-state index in [1.54, 1.807) is 34.8 Å². The van der Waals surface area contributed by atoms with Crippen LogP contribution in [-0.2, 0) is 16.6 Å². The quantitative estimate of drug-likeness (QED) is 0.612. The van der Waals surface area contributed by atoms with Crippen LogP contribution in [0.25, 0.3) is 0 Å². The Hall–Kier alpha value is -2.89. The van der Waals surface area contributed by atoms with E-state index in [2.05, 4.69) is 0 Å². The first-order chi connectivity index (χ1) is 12.5. The van der Waals surface area contributed by atoms with Crippen LogP contribution in [0.15, 0.2) is 42.6 Å². The number of ether oxygens (including phenoxy) is 1. The molecule has 1 amide bonds. The van der Waals surface area contributed by atoms with Gasteiger partial charge in [-0.15, -0.1) is 0 Å². The molecule has 1 aromatic heterocycles. The Morgan fingerprint density at radius 1 is 1.08 bits per heavy atom. The van der Waals surface area contributed by atoms with Gasteiger partial charge in [0.25, 0.3) is 5.91 Å². The van der Waals surface area contributed by atoms with Gasteiger partial charge in [-0.2, -0.15) is 0 Å². The molecule has 1 saturated heterocycles. The molecular formula is C20H22N2O4. The number of hydrogen-bond acceptors (Lipinski definition) is 4. The molecule has 6 heteroatoms. The van der Waals surface area contributed by atoms with Gasteiger partial charge in [0, 0.05) is 37.5 Å². The summed E-state index contributed by atoms with van der Waals surface area (Å²) in [5.74, 6) is -0.961. The van der Waals surface area contributed by atoms with Gasteiger partial charge in [0.2, 0.25) is 6.10 Å². The van der Waals surface area contributed by atoms with Crippen molar-refractivity contribution < 1.29 is 19.1 Å². The van der Waals surface area contributed by atoms with Crippen LogP contribution in [0, 0.1) is 0 Å². The molecule has 2 aromatic rings. The largest absolute Gasteiger partial charge is 0.443 e. The first-order valence-corrected chi connectivity index (χ1v) is 8.69. The minimum absolute atomic E-state index is 0.132. The molecule has 0 spiro atoms. The normalized spacial score (nSPS) is 14.9. The molecule has 0 bridgehead atoms. The predicted octanol–water partition coefficient (Wildman–Crippen LogP) is 2.75. The zero-order valence-electron chi connectivity index (χ0n) is 15.0. The predicted molar refractivity (Wildman–Crippen MR) is 95.8 cm³/mol. The highest BCUT2D eigenvalue weighted by molar-refractivity contribution is 5.98. The average molecular weight is 354 g/mol. The SMILES string of the molecule is CC(=O)c1cc(C(=O)O[C@@H](C(=O)N2CCCC2)c2ccccc2)n(C)c1. The Morgan fingerprint density at radius 3 is 2.31 bits per heavy atom. The third kappa shape index (κ3) is 3.69. The van der Waals surface area contributed by atoms with Gasteiger partial charge in [-0.1, -0.05) is 30.3 Å². The summed E-state index contributed by atoms with van der Waals surface area (Å²) in [6.45, 7) is 2.80. The summed E-state index contributed by atoms with van der Waals surface area (Å²) in [6.07, 6.45) is 2.51. The maximum Gasteiger partial charge on any atom is 0.356 e. The Labute approximate surface area is 152 Å². The molecule has 0 unspecified atom stereocenters. The van der Waals surface area contributed by atoms with E-state index < -0.39 is 12.1 Å². The van der Waals surface area contributed by atoms with Gasteiger partial charge in [-0.3, -0.25) is 9.59 Å². The molecule has 1 fully saturated rings. The number of likely N-dealkylation sites (tertiary alicyclic amines) is 1. The lowest BCUT2D eigenvalue weighted by Gasteiger charge is -2.23. The van der Waals surface area contributed by atoms with Gasteiger partial charge in [0.1, 0.15) is 5.69 Å². The maximum atomic E-state index is 12.9. The first-order valence-electron chi connectivity index (χ1n) is 8.69. The van der Waals surface area contributed by atoms with Crippen molar-refractivity contribution in [3.8, 4) is 0 Å². The molecule has 1 aliphatic heterocycles. The van der Waals surface area contributed by atoms with Gasteiger partial charge >= 0.3 is 5.97 Å². The van der Waals surface area contributed by atoms with E-state index in [4.69, 9.17) is 4.74 Å². The van der Waals surface area contributed by atoms with Crippen molar-refractivity contribution in [2.45, 2.75) is 25.9 Å². The number of benzene rings is 1. The number of carbonyl (C=O) groups is 3. The topological polar surface area (TPSA) is 68.6 Å². The molecular weight excluding hydrogens is 332 g/mol. The second-order valence-corrected chi connectivity index (χ2v) is 6.51. The average Bonchev–Trinajstić information content (AvgIpc) is 3.29. The zero-order valence-corrected chi connectivity index (χ0v) is 15.0. The van der Waals surface area contributed by atoms with Crippen molar-refractivity contribution in [1.82, 2.24) is 9.47 Å². The lowest BCUT2D eigenvalue weighted by atomic mass is 10.1. The van der Waals surface area contributed by atoms with Gasteiger partial charge in [-0.05, 0) is 25.8 Å². The van der Waals surface area contributed by atoms with Gasteiger partial charge in [-0.25, -0.2) is 4.79 Å². The van der Waals surface area contributed by atoms with Crippen LogP contribution in [-0.4, -0.2) is 40.2 Å². The molecule has 0 aliphatic carbocycles. The number of rotatable bonds is 5. The van der Waals surface area contributed by atoms with Crippen LogP contribution in [0.5, 0.6) is 0 Å². The minimum Gasteiger partial charge on any atom is -0.443 e. The van der Waals surface area contributed by atoms with E-state index in [1.807, 2.05) is 18.2 Å². The van der Waals surface area contributed by atoms with Crippen LogP contribution >= 0.6 is 0 Å². The van der Waals surface area contributed by atoms with E-state index in [-0.39, 0.29) is 17.4 Å². The number of aromatic nitrogens is 1. The lowest BCUT2D eigenvalue weighted by molar-refractivity contribution is -0.140. The summed E-state index contributed by atoms with van der Waals surface area (Å²) in [7, 11) is 1.67. The summed E-state index contributed by atoms with van der Waals surface area (Å²) in [5.41, 5.74) is 1.31. The number of hydrogen-bond donors (Lipinski definition) is 0. The smallest absolute Gasteiger partial charge is 0.356 e. The number of nitrogens with zero attached hydrogens (tertiary/aromatic N) is 2. The van der Waals surface area contributed by atoms with Crippen molar-refractivity contribution in [3.05, 3.63) is 59.4 Å². The van der Waals surface area contributed by atoms with E-state index >= 15 is 0 Å². The number of carbonyl (C=O) groups excluding carboxylic acids is 3. The Balaban J connectivity index is 1.86. The second kappa shape index (κ2) is 7.56. The molecule has 0 N–H and O–H groups in total. The lowest BCUT2D eigenvalue weighted by Crippen LogP contribution is -2.35. The summed E-state index contributed by atoms with van der Waals surface area (Å²) < 4.78 is 7.15. The highest BCUT2D eigenvalue weighted by atomic mass is 16.5. The minimum atomic E-state index is -0.988. The number of amides is 1. The molecule has 1 atom stereocenters. The maximum absolute atomic E-state index is 12.9. The summed E-state index contributed by atoms with van der Waals surface area (Å²) in [4.78, 5) is 38.8. The molecule has 1 aromatic carbocycles. The van der Waals surface area contributed by atoms with Gasteiger partial charge in [0.15, 0.2) is 5.78 Å². The van der Waals surface area contributed by atoms with Crippen LogP contribution in [0.2, 0.25) is 0 Å². The first kappa shape index (κ1) is 17.9. The molecule has 3 rings (SSSR count).